The summed E-state index contributed by atoms with van der Waals surface area (Å²) in [4.78, 5) is 4.03. The van der Waals surface area contributed by atoms with Gasteiger partial charge in [0.2, 0.25) is 0 Å². The summed E-state index contributed by atoms with van der Waals surface area (Å²) >= 11 is 0. The Balaban J connectivity index is 1.94. The molecule has 2 unspecified atom stereocenters. The lowest BCUT2D eigenvalue weighted by molar-refractivity contribution is -0.0115. The van der Waals surface area contributed by atoms with Crippen LogP contribution in [0.25, 0.3) is 0 Å². The number of rotatable bonds is 3. The lowest BCUT2D eigenvalue weighted by Crippen LogP contribution is -2.46. The van der Waals surface area contributed by atoms with E-state index in [9.17, 15) is 8.42 Å². The van der Waals surface area contributed by atoms with E-state index >= 15 is 0 Å². The van der Waals surface area contributed by atoms with Gasteiger partial charge in [-0.25, -0.2) is 13.4 Å². The van der Waals surface area contributed by atoms with E-state index in [-0.39, 0.29) is 17.2 Å². The van der Waals surface area contributed by atoms with E-state index in [4.69, 9.17) is 4.74 Å². The van der Waals surface area contributed by atoms with Crippen LogP contribution < -0.4 is 5.32 Å². The fourth-order valence-electron chi connectivity index (χ4n) is 2.68. The normalized spacial score (nSPS) is 27.4. The molecule has 0 saturated carbocycles. The second kappa shape index (κ2) is 4.73. The molecule has 6 nitrogen and oxygen atoms in total. The van der Waals surface area contributed by atoms with Crippen molar-refractivity contribution in [3.8, 4) is 0 Å². The lowest BCUT2D eigenvalue weighted by Gasteiger charge is -2.31. The number of aromatic nitrogens is 1. The molecule has 0 spiro atoms. The third-order valence-electron chi connectivity index (χ3n) is 3.63. The van der Waals surface area contributed by atoms with Gasteiger partial charge in [-0.05, 0) is 25.0 Å². The summed E-state index contributed by atoms with van der Waals surface area (Å²) in [7, 11) is -1.86. The quantitative estimate of drug-likeness (QED) is 0.883. The second-order valence-corrected chi connectivity index (χ2v) is 6.74. The summed E-state index contributed by atoms with van der Waals surface area (Å²) in [5.41, 5.74) is 0.529. The fourth-order valence-corrected chi connectivity index (χ4v) is 4.29. The molecule has 0 aliphatic carbocycles. The summed E-state index contributed by atoms with van der Waals surface area (Å²) in [6, 6.07) is 3.43. The van der Waals surface area contributed by atoms with Crippen LogP contribution in [0.1, 0.15) is 12.8 Å². The number of ether oxygens (including phenoxy) is 1. The van der Waals surface area contributed by atoms with Crippen LogP contribution in [-0.2, 0) is 14.8 Å². The molecule has 1 aromatic heterocycles. The summed E-state index contributed by atoms with van der Waals surface area (Å²) in [6.45, 7) is 0.858. The summed E-state index contributed by atoms with van der Waals surface area (Å²) in [5.74, 6) is 0. The standard InChI is InChI=1S/C12H17N3O3S/c1-13-11-3-2-6-14-12(11)19(16,17)15-7-9-4-5-10(8-15)18-9/h2-3,6,9-10,13H,4-5,7-8H2,1H3. The van der Waals surface area contributed by atoms with E-state index in [1.807, 2.05) is 0 Å². The van der Waals surface area contributed by atoms with Crippen LogP contribution in [0, 0.1) is 0 Å². The highest BCUT2D eigenvalue weighted by molar-refractivity contribution is 7.89. The molecule has 7 heteroatoms. The summed E-state index contributed by atoms with van der Waals surface area (Å²) in [5, 5.41) is 2.98. The number of anilines is 1. The molecule has 1 N–H and O–H groups in total. The van der Waals surface area contributed by atoms with Crippen molar-refractivity contribution >= 4 is 15.7 Å². The molecule has 1 aromatic rings. The van der Waals surface area contributed by atoms with Crippen molar-refractivity contribution in [2.45, 2.75) is 30.1 Å². The highest BCUT2D eigenvalue weighted by atomic mass is 32.2. The average Bonchev–Trinajstić information content (AvgIpc) is 2.77. The van der Waals surface area contributed by atoms with E-state index < -0.39 is 10.0 Å². The highest BCUT2D eigenvalue weighted by Crippen LogP contribution is 2.31. The van der Waals surface area contributed by atoms with Crippen LogP contribution >= 0.6 is 0 Å². The van der Waals surface area contributed by atoms with Crippen LogP contribution in [-0.4, -0.2) is 50.1 Å². The van der Waals surface area contributed by atoms with Crippen molar-refractivity contribution in [2.75, 3.05) is 25.5 Å². The Morgan fingerprint density at radius 3 is 2.68 bits per heavy atom. The van der Waals surface area contributed by atoms with E-state index in [0.717, 1.165) is 12.8 Å². The van der Waals surface area contributed by atoms with Crippen molar-refractivity contribution in [3.63, 3.8) is 0 Å². The maximum Gasteiger partial charge on any atom is 0.262 e. The SMILES string of the molecule is CNc1cccnc1S(=O)(=O)N1CC2CCC(C1)O2. The molecular formula is C12H17N3O3S. The maximum absolute atomic E-state index is 12.7. The Hall–Kier alpha value is -1.18. The number of morpholine rings is 1. The van der Waals surface area contributed by atoms with E-state index in [2.05, 4.69) is 10.3 Å². The molecule has 2 aliphatic rings. The minimum Gasteiger partial charge on any atom is -0.386 e. The van der Waals surface area contributed by atoms with Gasteiger partial charge < -0.3 is 10.1 Å². The molecule has 19 heavy (non-hydrogen) atoms. The molecule has 2 saturated heterocycles. The van der Waals surface area contributed by atoms with Crippen LogP contribution in [0.3, 0.4) is 0 Å². The first-order valence-corrected chi connectivity index (χ1v) is 7.83. The van der Waals surface area contributed by atoms with Gasteiger partial charge in [0.25, 0.3) is 10.0 Å². The Morgan fingerprint density at radius 1 is 1.37 bits per heavy atom. The van der Waals surface area contributed by atoms with Gasteiger partial charge >= 0.3 is 0 Å². The van der Waals surface area contributed by atoms with Crippen LogP contribution in [0.5, 0.6) is 0 Å². The molecule has 104 valence electrons. The van der Waals surface area contributed by atoms with Crippen molar-refractivity contribution in [2.24, 2.45) is 0 Å². The zero-order chi connectivity index (χ0) is 13.5. The Morgan fingerprint density at radius 2 is 2.05 bits per heavy atom. The summed E-state index contributed by atoms with van der Waals surface area (Å²) in [6.07, 6.45) is 3.46. The third kappa shape index (κ3) is 2.22. The minimum atomic E-state index is -3.55. The predicted molar refractivity (Wildman–Crippen MR) is 70.4 cm³/mol. The van der Waals surface area contributed by atoms with Gasteiger partial charge in [-0.15, -0.1) is 0 Å². The minimum absolute atomic E-state index is 0.0373. The number of hydrogen-bond donors (Lipinski definition) is 1. The van der Waals surface area contributed by atoms with Crippen molar-refractivity contribution < 1.29 is 13.2 Å². The van der Waals surface area contributed by atoms with Gasteiger partial charge in [-0.2, -0.15) is 4.31 Å². The van der Waals surface area contributed by atoms with E-state index in [0.29, 0.717) is 18.8 Å². The van der Waals surface area contributed by atoms with Gasteiger partial charge in [-0.1, -0.05) is 0 Å². The van der Waals surface area contributed by atoms with Crippen LogP contribution in [0.2, 0.25) is 0 Å². The third-order valence-corrected chi connectivity index (χ3v) is 5.43. The highest BCUT2D eigenvalue weighted by Gasteiger charge is 2.40. The number of nitrogens with one attached hydrogen (secondary N) is 1. The van der Waals surface area contributed by atoms with Crippen LogP contribution in [0.4, 0.5) is 5.69 Å². The van der Waals surface area contributed by atoms with Gasteiger partial charge in [0.15, 0.2) is 5.03 Å². The monoisotopic (exact) mass is 283 g/mol. The molecule has 3 heterocycles. The molecule has 2 aliphatic heterocycles. The number of fused-ring (bicyclic) bond motifs is 2. The molecule has 0 amide bonds. The smallest absolute Gasteiger partial charge is 0.262 e. The zero-order valence-electron chi connectivity index (χ0n) is 10.7. The Kier molecular flexibility index (Phi) is 3.20. The molecular weight excluding hydrogens is 266 g/mol. The molecule has 3 rings (SSSR count). The van der Waals surface area contributed by atoms with Crippen LogP contribution in [0.15, 0.2) is 23.4 Å². The maximum atomic E-state index is 12.7. The molecule has 0 radical (unpaired) electrons. The van der Waals surface area contributed by atoms with Gasteiger partial charge in [0, 0.05) is 26.3 Å². The van der Waals surface area contributed by atoms with Gasteiger partial charge in [0.1, 0.15) is 0 Å². The van der Waals surface area contributed by atoms with Gasteiger partial charge in [0.05, 0.1) is 17.9 Å². The Bertz CT molecular complexity index is 563. The first-order valence-electron chi connectivity index (χ1n) is 6.39. The topological polar surface area (TPSA) is 71.5 Å². The van der Waals surface area contributed by atoms with Crippen molar-refractivity contribution in [1.29, 1.82) is 0 Å². The largest absolute Gasteiger partial charge is 0.386 e. The summed E-state index contributed by atoms with van der Waals surface area (Å²) < 4.78 is 32.5. The average molecular weight is 283 g/mol. The fraction of sp³-hybridized carbons (Fsp3) is 0.583. The molecule has 2 atom stereocenters. The van der Waals surface area contributed by atoms with Crippen molar-refractivity contribution in [3.05, 3.63) is 18.3 Å². The van der Waals surface area contributed by atoms with E-state index in [1.54, 1.807) is 19.2 Å². The molecule has 2 bridgehead atoms. The lowest BCUT2D eigenvalue weighted by atomic mass is 10.2. The number of hydrogen-bond acceptors (Lipinski definition) is 5. The first kappa shape index (κ1) is 12.8. The molecule has 2 fully saturated rings. The second-order valence-electron chi connectivity index (χ2n) is 4.89. The van der Waals surface area contributed by atoms with E-state index in [1.165, 1.54) is 10.5 Å². The first-order chi connectivity index (χ1) is 9.11. The van der Waals surface area contributed by atoms with Crippen molar-refractivity contribution in [1.82, 2.24) is 9.29 Å². The Labute approximate surface area is 112 Å². The molecule has 0 aromatic carbocycles. The predicted octanol–water partition coefficient (Wildman–Crippen LogP) is 0.675. The zero-order valence-corrected chi connectivity index (χ0v) is 11.6. The number of pyridine rings is 1. The number of nitrogens with zero attached hydrogens (tertiary/aromatic N) is 2. The van der Waals surface area contributed by atoms with Gasteiger partial charge in [-0.3, -0.25) is 0 Å². The number of sulfonamides is 1.